The van der Waals surface area contributed by atoms with Crippen LogP contribution in [-0.2, 0) is 11.2 Å². The SMILES string of the molecule is CN=C(C=CN)C(OCCN(C)CCc1ccccc1)c1ccccc1OC. The maximum Gasteiger partial charge on any atom is 0.128 e. The zero-order chi connectivity index (χ0) is 20.2. The van der Waals surface area contributed by atoms with Gasteiger partial charge in [0.25, 0.3) is 0 Å². The number of hydrogen-bond acceptors (Lipinski definition) is 5. The number of hydrogen-bond donors (Lipinski definition) is 1. The standard InChI is InChI=1S/C23H31N3O2/c1-25-21(13-15-24)23(20-11-7-8-12-22(20)27-3)28-18-17-26(2)16-14-19-9-5-4-6-10-19/h4-13,15,23H,14,16-18,24H2,1-3H3. The molecule has 5 nitrogen and oxygen atoms in total. The average molecular weight is 382 g/mol. The van der Waals surface area contributed by atoms with E-state index in [1.54, 1.807) is 20.2 Å². The summed E-state index contributed by atoms with van der Waals surface area (Å²) in [5, 5.41) is 0. The van der Waals surface area contributed by atoms with Gasteiger partial charge in [-0.1, -0.05) is 48.5 Å². The number of ether oxygens (including phenoxy) is 2. The summed E-state index contributed by atoms with van der Waals surface area (Å²) in [6.45, 7) is 2.37. The Morgan fingerprint density at radius 1 is 1.11 bits per heavy atom. The van der Waals surface area contributed by atoms with Crippen LogP contribution in [-0.4, -0.2) is 51.5 Å². The Morgan fingerprint density at radius 2 is 1.82 bits per heavy atom. The van der Waals surface area contributed by atoms with E-state index in [2.05, 4.69) is 41.2 Å². The fourth-order valence-corrected chi connectivity index (χ4v) is 3.00. The first-order valence-corrected chi connectivity index (χ1v) is 9.51. The molecule has 5 heteroatoms. The third kappa shape index (κ3) is 6.51. The molecule has 2 aromatic carbocycles. The number of aliphatic imine (C=N–C) groups is 1. The normalized spacial score (nSPS) is 13.2. The number of benzene rings is 2. The molecule has 0 saturated carbocycles. The van der Waals surface area contributed by atoms with Crippen LogP contribution < -0.4 is 10.5 Å². The Labute approximate surface area is 168 Å². The summed E-state index contributed by atoms with van der Waals surface area (Å²) < 4.78 is 11.8. The molecule has 0 fully saturated rings. The van der Waals surface area contributed by atoms with Gasteiger partial charge in [-0.3, -0.25) is 4.99 Å². The van der Waals surface area contributed by atoms with Gasteiger partial charge in [0.05, 0.1) is 19.4 Å². The highest BCUT2D eigenvalue weighted by molar-refractivity contribution is 5.99. The van der Waals surface area contributed by atoms with Crippen molar-refractivity contribution in [2.45, 2.75) is 12.5 Å². The molecule has 0 spiro atoms. The minimum Gasteiger partial charge on any atom is -0.496 e. The van der Waals surface area contributed by atoms with E-state index < -0.39 is 0 Å². The molecule has 2 N–H and O–H groups in total. The molecule has 0 aliphatic rings. The first kappa shape index (κ1) is 21.7. The van der Waals surface area contributed by atoms with E-state index >= 15 is 0 Å². The monoisotopic (exact) mass is 381 g/mol. The molecule has 0 aliphatic heterocycles. The van der Waals surface area contributed by atoms with Crippen LogP contribution in [0.15, 0.2) is 71.9 Å². The first-order chi connectivity index (χ1) is 13.7. The summed E-state index contributed by atoms with van der Waals surface area (Å²) in [7, 11) is 5.51. The van der Waals surface area contributed by atoms with Crippen molar-refractivity contribution in [3.63, 3.8) is 0 Å². The van der Waals surface area contributed by atoms with Gasteiger partial charge >= 0.3 is 0 Å². The van der Waals surface area contributed by atoms with Crippen molar-refractivity contribution in [2.75, 3.05) is 40.9 Å². The summed E-state index contributed by atoms with van der Waals surface area (Å²) in [5.74, 6) is 0.775. The molecule has 0 bridgehead atoms. The molecule has 0 amide bonds. The van der Waals surface area contributed by atoms with Crippen LogP contribution in [0.5, 0.6) is 5.75 Å². The number of methoxy groups -OCH3 is 1. The molecule has 0 aliphatic carbocycles. The van der Waals surface area contributed by atoms with Gasteiger partial charge in [-0.25, -0.2) is 0 Å². The molecule has 1 unspecified atom stereocenters. The number of rotatable bonds is 11. The van der Waals surface area contributed by atoms with Crippen molar-refractivity contribution in [1.82, 2.24) is 4.90 Å². The molecule has 28 heavy (non-hydrogen) atoms. The largest absolute Gasteiger partial charge is 0.496 e. The Morgan fingerprint density at radius 3 is 2.50 bits per heavy atom. The van der Waals surface area contributed by atoms with E-state index in [1.807, 2.05) is 30.3 Å². The lowest BCUT2D eigenvalue weighted by molar-refractivity contribution is 0.0796. The van der Waals surface area contributed by atoms with Crippen molar-refractivity contribution in [3.05, 3.63) is 78.0 Å². The topological polar surface area (TPSA) is 60.1 Å². The lowest BCUT2D eigenvalue weighted by Gasteiger charge is -2.23. The summed E-state index contributed by atoms with van der Waals surface area (Å²) in [4.78, 5) is 6.63. The summed E-state index contributed by atoms with van der Waals surface area (Å²) in [6, 6.07) is 18.4. The van der Waals surface area contributed by atoms with Crippen molar-refractivity contribution < 1.29 is 9.47 Å². The van der Waals surface area contributed by atoms with Gasteiger partial charge in [0.15, 0.2) is 0 Å². The van der Waals surface area contributed by atoms with Crippen LogP contribution in [0.2, 0.25) is 0 Å². The van der Waals surface area contributed by atoms with Crippen molar-refractivity contribution in [3.8, 4) is 5.75 Å². The van der Waals surface area contributed by atoms with E-state index in [-0.39, 0.29) is 6.10 Å². The van der Waals surface area contributed by atoms with Crippen LogP contribution in [0.1, 0.15) is 17.2 Å². The van der Waals surface area contributed by atoms with E-state index in [9.17, 15) is 0 Å². The summed E-state index contributed by atoms with van der Waals surface area (Å²) in [6.07, 6.45) is 3.95. The van der Waals surface area contributed by atoms with Crippen LogP contribution in [0.4, 0.5) is 0 Å². The molecule has 150 valence electrons. The smallest absolute Gasteiger partial charge is 0.128 e. The second-order valence-corrected chi connectivity index (χ2v) is 6.54. The van der Waals surface area contributed by atoms with Gasteiger partial charge in [0.2, 0.25) is 0 Å². The van der Waals surface area contributed by atoms with Crippen molar-refractivity contribution >= 4 is 5.71 Å². The van der Waals surface area contributed by atoms with Gasteiger partial charge in [-0.15, -0.1) is 0 Å². The highest BCUT2D eigenvalue weighted by Crippen LogP contribution is 2.29. The maximum absolute atomic E-state index is 6.24. The number of nitrogens with zero attached hydrogens (tertiary/aromatic N) is 2. The Bertz CT molecular complexity index is 759. The third-order valence-corrected chi connectivity index (χ3v) is 4.60. The molecular weight excluding hydrogens is 350 g/mol. The van der Waals surface area contributed by atoms with E-state index in [4.69, 9.17) is 15.2 Å². The lowest BCUT2D eigenvalue weighted by atomic mass is 10.0. The Balaban J connectivity index is 1.98. The molecule has 0 radical (unpaired) electrons. The second kappa shape index (κ2) is 12.0. The predicted octanol–water partition coefficient (Wildman–Crippen LogP) is 3.47. The number of likely N-dealkylation sites (N-methyl/N-ethyl adjacent to an activating group) is 1. The van der Waals surface area contributed by atoms with Gasteiger partial charge in [-0.05, 0) is 37.4 Å². The number of nitrogens with two attached hydrogens (primary N) is 1. The minimum atomic E-state index is -0.330. The van der Waals surface area contributed by atoms with Gasteiger partial charge in [0, 0.05) is 25.7 Å². The molecule has 2 aromatic rings. The lowest BCUT2D eigenvalue weighted by Crippen LogP contribution is -2.27. The fraction of sp³-hybridized carbons (Fsp3) is 0.348. The molecule has 0 heterocycles. The van der Waals surface area contributed by atoms with Crippen molar-refractivity contribution in [1.29, 1.82) is 0 Å². The van der Waals surface area contributed by atoms with Gasteiger partial charge < -0.3 is 20.1 Å². The van der Waals surface area contributed by atoms with Gasteiger partial charge in [-0.2, -0.15) is 0 Å². The van der Waals surface area contributed by atoms with E-state index in [0.717, 1.165) is 36.5 Å². The van der Waals surface area contributed by atoms with Crippen LogP contribution in [0.25, 0.3) is 0 Å². The summed E-state index contributed by atoms with van der Waals surface area (Å²) >= 11 is 0. The average Bonchev–Trinajstić information content (AvgIpc) is 2.74. The maximum atomic E-state index is 6.24. The third-order valence-electron chi connectivity index (χ3n) is 4.60. The highest BCUT2D eigenvalue weighted by Gasteiger charge is 2.21. The fourth-order valence-electron chi connectivity index (χ4n) is 3.00. The molecule has 0 aromatic heterocycles. The predicted molar refractivity (Wildman–Crippen MR) is 116 cm³/mol. The van der Waals surface area contributed by atoms with Crippen LogP contribution in [0.3, 0.4) is 0 Å². The zero-order valence-corrected chi connectivity index (χ0v) is 17.0. The zero-order valence-electron chi connectivity index (χ0n) is 17.0. The Kier molecular flexibility index (Phi) is 9.25. The van der Waals surface area contributed by atoms with E-state index in [1.165, 1.54) is 11.8 Å². The van der Waals surface area contributed by atoms with Gasteiger partial charge in [0.1, 0.15) is 11.9 Å². The second-order valence-electron chi connectivity index (χ2n) is 6.54. The minimum absolute atomic E-state index is 0.330. The van der Waals surface area contributed by atoms with Crippen LogP contribution >= 0.6 is 0 Å². The first-order valence-electron chi connectivity index (χ1n) is 9.51. The van der Waals surface area contributed by atoms with E-state index in [0.29, 0.717) is 6.61 Å². The quantitative estimate of drug-likeness (QED) is 0.606. The molecule has 1 atom stereocenters. The molecular formula is C23H31N3O2. The summed E-state index contributed by atoms with van der Waals surface area (Å²) in [5.41, 5.74) is 8.65. The van der Waals surface area contributed by atoms with Crippen molar-refractivity contribution in [2.24, 2.45) is 10.7 Å². The molecule has 0 saturated heterocycles. The number of para-hydroxylation sites is 1. The van der Waals surface area contributed by atoms with Crippen LogP contribution in [0, 0.1) is 0 Å². The highest BCUT2D eigenvalue weighted by atomic mass is 16.5. The Hall–Kier alpha value is -2.63. The molecule has 2 rings (SSSR count).